The van der Waals surface area contributed by atoms with Crippen molar-refractivity contribution in [3.05, 3.63) is 36.5 Å². The van der Waals surface area contributed by atoms with E-state index >= 15 is 0 Å². The molecule has 0 aliphatic carbocycles. The summed E-state index contributed by atoms with van der Waals surface area (Å²) < 4.78 is 2.00. The average molecular weight is 202 g/mol. The number of hydrogen-bond acceptors (Lipinski definition) is 3. The summed E-state index contributed by atoms with van der Waals surface area (Å²) in [6, 6.07) is 3.95. The van der Waals surface area contributed by atoms with Crippen molar-refractivity contribution in [3.8, 4) is 11.3 Å². The summed E-state index contributed by atoms with van der Waals surface area (Å²) in [5.74, 6) is 0.804. The largest absolute Gasteiger partial charge is 0.357 e. The van der Waals surface area contributed by atoms with E-state index in [1.807, 2.05) is 36.1 Å². The van der Waals surface area contributed by atoms with E-state index in [0.29, 0.717) is 6.54 Å². The van der Waals surface area contributed by atoms with Crippen molar-refractivity contribution in [2.75, 3.05) is 6.54 Å². The molecule has 0 bridgehead atoms. The Balaban J connectivity index is 2.32. The first-order chi connectivity index (χ1) is 7.29. The lowest BCUT2D eigenvalue weighted by Crippen LogP contribution is -2.06. The molecule has 0 aliphatic heterocycles. The Morgan fingerprint density at radius 3 is 2.93 bits per heavy atom. The second kappa shape index (κ2) is 4.23. The van der Waals surface area contributed by atoms with E-state index < -0.39 is 0 Å². The third kappa shape index (κ3) is 2.22. The van der Waals surface area contributed by atoms with E-state index in [2.05, 4.69) is 9.97 Å². The minimum Gasteiger partial charge on any atom is -0.357 e. The van der Waals surface area contributed by atoms with E-state index in [9.17, 15) is 0 Å². The molecule has 0 aliphatic rings. The third-order valence-electron chi connectivity index (χ3n) is 2.20. The first-order valence-electron chi connectivity index (χ1n) is 4.94. The molecule has 0 amide bonds. The van der Waals surface area contributed by atoms with Gasteiger partial charge >= 0.3 is 0 Å². The molecule has 78 valence electrons. The number of hydrogen-bond donors (Lipinski definition) is 1. The van der Waals surface area contributed by atoms with E-state index in [4.69, 9.17) is 5.73 Å². The maximum absolute atomic E-state index is 5.47. The van der Waals surface area contributed by atoms with Crippen molar-refractivity contribution in [1.82, 2.24) is 14.5 Å². The molecule has 0 aromatic carbocycles. The molecule has 0 saturated heterocycles. The second-order valence-corrected chi connectivity index (χ2v) is 3.46. The number of aryl methyl sites for hydroxylation is 1. The van der Waals surface area contributed by atoms with Gasteiger partial charge in [-0.3, -0.25) is 0 Å². The van der Waals surface area contributed by atoms with Gasteiger partial charge in [0.05, 0.1) is 5.69 Å². The fourth-order valence-electron chi connectivity index (χ4n) is 1.46. The van der Waals surface area contributed by atoms with Crippen LogP contribution in [0.4, 0.5) is 0 Å². The monoisotopic (exact) mass is 202 g/mol. The van der Waals surface area contributed by atoms with Gasteiger partial charge in [0.15, 0.2) is 0 Å². The molecule has 2 rings (SSSR count). The van der Waals surface area contributed by atoms with E-state index in [1.54, 1.807) is 6.20 Å². The molecule has 0 spiro atoms. The fourth-order valence-corrected chi connectivity index (χ4v) is 1.46. The Morgan fingerprint density at radius 1 is 1.40 bits per heavy atom. The van der Waals surface area contributed by atoms with Crippen molar-refractivity contribution in [3.63, 3.8) is 0 Å². The van der Waals surface area contributed by atoms with Crippen LogP contribution < -0.4 is 5.73 Å². The Hall–Kier alpha value is -1.68. The summed E-state index contributed by atoms with van der Waals surface area (Å²) in [6.45, 7) is 0.582. The third-order valence-corrected chi connectivity index (χ3v) is 2.20. The average Bonchev–Trinajstić information content (AvgIpc) is 2.66. The molecule has 0 saturated carbocycles. The Kier molecular flexibility index (Phi) is 2.78. The standard InChI is InChI=1S/C11H14N4/c1-15-7-4-9(8-15)10-3-6-13-11(14-10)2-5-12/h3-4,6-8H,2,5,12H2,1H3. The summed E-state index contributed by atoms with van der Waals surface area (Å²) in [4.78, 5) is 8.61. The number of nitrogens with two attached hydrogens (primary N) is 1. The number of aromatic nitrogens is 3. The van der Waals surface area contributed by atoms with Crippen LogP contribution in [-0.2, 0) is 13.5 Å². The first-order valence-corrected chi connectivity index (χ1v) is 4.94. The molecule has 0 fully saturated rings. The van der Waals surface area contributed by atoms with E-state index in [-0.39, 0.29) is 0 Å². The fraction of sp³-hybridized carbons (Fsp3) is 0.273. The minimum absolute atomic E-state index is 0.582. The van der Waals surface area contributed by atoms with Crippen molar-refractivity contribution in [2.45, 2.75) is 6.42 Å². The predicted molar refractivity (Wildman–Crippen MR) is 59.2 cm³/mol. The highest BCUT2D eigenvalue weighted by Gasteiger charge is 2.02. The van der Waals surface area contributed by atoms with Crippen LogP contribution in [0.15, 0.2) is 30.7 Å². The molecule has 2 heterocycles. The predicted octanol–water partition coefficient (Wildman–Crippen LogP) is 0.983. The zero-order valence-corrected chi connectivity index (χ0v) is 8.72. The molecule has 2 aromatic rings. The van der Waals surface area contributed by atoms with Crippen molar-refractivity contribution >= 4 is 0 Å². The summed E-state index contributed by atoms with van der Waals surface area (Å²) in [5.41, 5.74) is 7.53. The summed E-state index contributed by atoms with van der Waals surface area (Å²) >= 11 is 0. The van der Waals surface area contributed by atoms with Gasteiger partial charge in [-0.15, -0.1) is 0 Å². The van der Waals surface area contributed by atoms with Crippen molar-refractivity contribution in [2.24, 2.45) is 12.8 Å². The van der Waals surface area contributed by atoms with Crippen LogP contribution in [0, 0.1) is 0 Å². The van der Waals surface area contributed by atoms with Gasteiger partial charge in [0.25, 0.3) is 0 Å². The molecule has 4 nitrogen and oxygen atoms in total. The SMILES string of the molecule is Cn1ccc(-c2ccnc(CCN)n2)c1. The van der Waals surface area contributed by atoms with Crippen LogP contribution in [0.5, 0.6) is 0 Å². The zero-order chi connectivity index (χ0) is 10.7. The van der Waals surface area contributed by atoms with Crippen LogP contribution >= 0.6 is 0 Å². The highest BCUT2D eigenvalue weighted by molar-refractivity contribution is 5.57. The molecule has 2 aromatic heterocycles. The van der Waals surface area contributed by atoms with E-state index in [0.717, 1.165) is 23.5 Å². The Bertz CT molecular complexity index is 447. The summed E-state index contributed by atoms with van der Waals surface area (Å²) in [7, 11) is 1.99. The van der Waals surface area contributed by atoms with Gasteiger partial charge in [-0.2, -0.15) is 0 Å². The molecule has 15 heavy (non-hydrogen) atoms. The Morgan fingerprint density at radius 2 is 2.27 bits per heavy atom. The maximum atomic E-state index is 5.47. The quantitative estimate of drug-likeness (QED) is 0.807. The lowest BCUT2D eigenvalue weighted by molar-refractivity contribution is 0.869. The van der Waals surface area contributed by atoms with Gasteiger partial charge in [0.2, 0.25) is 0 Å². The second-order valence-electron chi connectivity index (χ2n) is 3.46. The molecule has 0 unspecified atom stereocenters. The maximum Gasteiger partial charge on any atom is 0.130 e. The van der Waals surface area contributed by atoms with Crippen molar-refractivity contribution in [1.29, 1.82) is 0 Å². The van der Waals surface area contributed by atoms with Crippen molar-refractivity contribution < 1.29 is 0 Å². The van der Waals surface area contributed by atoms with Crippen LogP contribution in [0.3, 0.4) is 0 Å². The summed E-state index contributed by atoms with van der Waals surface area (Å²) in [6.07, 6.45) is 6.54. The summed E-state index contributed by atoms with van der Waals surface area (Å²) in [5, 5.41) is 0. The molecule has 2 N–H and O–H groups in total. The number of nitrogens with zero attached hydrogens (tertiary/aromatic N) is 3. The van der Waals surface area contributed by atoms with Gasteiger partial charge < -0.3 is 10.3 Å². The van der Waals surface area contributed by atoms with Gasteiger partial charge in [0.1, 0.15) is 5.82 Å². The lowest BCUT2D eigenvalue weighted by Gasteiger charge is -2.00. The topological polar surface area (TPSA) is 56.7 Å². The van der Waals surface area contributed by atoms with Gasteiger partial charge in [0, 0.05) is 37.6 Å². The first kappa shape index (κ1) is 9.86. The van der Waals surface area contributed by atoms with Crippen LogP contribution in [0.1, 0.15) is 5.82 Å². The minimum atomic E-state index is 0.582. The van der Waals surface area contributed by atoms with Gasteiger partial charge in [-0.05, 0) is 18.7 Å². The van der Waals surface area contributed by atoms with Gasteiger partial charge in [-0.25, -0.2) is 9.97 Å². The molecule has 0 atom stereocenters. The van der Waals surface area contributed by atoms with Gasteiger partial charge in [-0.1, -0.05) is 0 Å². The molecular formula is C11H14N4. The zero-order valence-electron chi connectivity index (χ0n) is 8.72. The van der Waals surface area contributed by atoms with Crippen LogP contribution in [0.2, 0.25) is 0 Å². The lowest BCUT2D eigenvalue weighted by atomic mass is 10.2. The Labute approximate surface area is 88.8 Å². The van der Waals surface area contributed by atoms with Crippen LogP contribution in [0.25, 0.3) is 11.3 Å². The van der Waals surface area contributed by atoms with Crippen LogP contribution in [-0.4, -0.2) is 21.1 Å². The highest BCUT2D eigenvalue weighted by atomic mass is 14.9. The number of rotatable bonds is 3. The molecule has 0 radical (unpaired) electrons. The molecule has 4 heteroatoms. The molecular weight excluding hydrogens is 188 g/mol. The highest BCUT2D eigenvalue weighted by Crippen LogP contribution is 2.16. The normalized spacial score (nSPS) is 10.5. The van der Waals surface area contributed by atoms with E-state index in [1.165, 1.54) is 0 Å². The smallest absolute Gasteiger partial charge is 0.130 e.